The number of nitrogens with one attached hydrogen (secondary N) is 2. The lowest BCUT2D eigenvalue weighted by molar-refractivity contribution is -0.122. The van der Waals surface area contributed by atoms with Gasteiger partial charge in [0.05, 0.1) is 6.54 Å². The number of hydrogen-bond acceptors (Lipinski definition) is 6. The smallest absolute Gasteiger partial charge is 0.332 e. The maximum Gasteiger partial charge on any atom is 0.332 e. The van der Waals surface area contributed by atoms with E-state index in [0.29, 0.717) is 24.7 Å². The third kappa shape index (κ3) is 4.44. The minimum atomic E-state index is -0.591. The molecule has 0 radical (unpaired) electrons. The summed E-state index contributed by atoms with van der Waals surface area (Å²) in [5.74, 6) is 0.370. The third-order valence-corrected chi connectivity index (χ3v) is 8.89. The number of carbonyl (C=O) groups is 1. The fourth-order valence-corrected chi connectivity index (χ4v) is 6.82. The number of hydrogen-bond donors (Lipinski definition) is 2. The summed E-state index contributed by atoms with van der Waals surface area (Å²) in [6, 6.07) is 14.4. The van der Waals surface area contributed by atoms with Gasteiger partial charge in [0, 0.05) is 38.8 Å². The molecule has 3 aliphatic rings. The van der Waals surface area contributed by atoms with E-state index in [0.717, 1.165) is 36.2 Å². The molecule has 2 saturated heterocycles. The van der Waals surface area contributed by atoms with Crippen LogP contribution in [0.1, 0.15) is 23.1 Å². The lowest BCUT2D eigenvalue weighted by atomic mass is 10.1. The second-order valence-electron chi connectivity index (χ2n) is 11.4. The Morgan fingerprint density at radius 1 is 1.05 bits per heavy atom. The summed E-state index contributed by atoms with van der Waals surface area (Å²) in [5, 5.41) is 6.46. The predicted octanol–water partition coefficient (Wildman–Crippen LogP) is 1.17. The molecule has 7 rings (SSSR count). The van der Waals surface area contributed by atoms with Crippen molar-refractivity contribution in [2.75, 3.05) is 24.5 Å². The predicted molar refractivity (Wildman–Crippen MR) is 153 cm³/mol. The number of halogens is 1. The van der Waals surface area contributed by atoms with Crippen molar-refractivity contribution < 1.29 is 9.18 Å². The zero-order chi connectivity index (χ0) is 28.2. The van der Waals surface area contributed by atoms with Crippen molar-refractivity contribution in [2.45, 2.75) is 44.4 Å². The number of anilines is 1. The van der Waals surface area contributed by atoms with Crippen LogP contribution in [0.2, 0.25) is 0 Å². The van der Waals surface area contributed by atoms with Gasteiger partial charge >= 0.3 is 5.69 Å². The molecule has 11 heteroatoms. The molecule has 0 bridgehead atoms. The van der Waals surface area contributed by atoms with E-state index in [9.17, 15) is 18.8 Å². The molecular formula is C30H32FN7O3. The molecule has 212 valence electrons. The molecule has 10 nitrogen and oxygen atoms in total. The van der Waals surface area contributed by atoms with Crippen molar-refractivity contribution in [3.8, 4) is 0 Å². The Morgan fingerprint density at radius 3 is 2.51 bits per heavy atom. The molecule has 2 N–H and O–H groups in total. The first-order valence-electron chi connectivity index (χ1n) is 14.2. The maximum absolute atomic E-state index is 14.0. The third-order valence-electron chi connectivity index (χ3n) is 8.89. The number of aryl methyl sites for hydroxylation is 1. The van der Waals surface area contributed by atoms with Crippen molar-refractivity contribution in [1.29, 1.82) is 0 Å². The van der Waals surface area contributed by atoms with Crippen LogP contribution >= 0.6 is 0 Å². The fraction of sp³-hybridized carbons (Fsp3) is 0.400. The highest BCUT2D eigenvalue weighted by Gasteiger charge is 2.40. The van der Waals surface area contributed by atoms with Crippen molar-refractivity contribution in [2.24, 2.45) is 13.0 Å². The molecule has 0 spiro atoms. The average Bonchev–Trinajstić information content (AvgIpc) is 3.74. The van der Waals surface area contributed by atoms with Gasteiger partial charge in [0.15, 0.2) is 11.2 Å². The number of rotatable bonds is 6. The molecule has 2 aromatic heterocycles. The highest BCUT2D eigenvalue weighted by Crippen LogP contribution is 2.33. The van der Waals surface area contributed by atoms with E-state index in [4.69, 9.17) is 4.98 Å². The fourth-order valence-electron chi connectivity index (χ4n) is 6.82. The minimum absolute atomic E-state index is 0.0816. The molecular weight excluding hydrogens is 525 g/mol. The molecule has 2 fully saturated rings. The Bertz CT molecular complexity index is 1750. The molecule has 4 aromatic rings. The van der Waals surface area contributed by atoms with Crippen LogP contribution < -0.4 is 26.8 Å². The topological polar surface area (TPSA) is 106 Å². The molecule has 2 unspecified atom stereocenters. The van der Waals surface area contributed by atoms with E-state index in [1.165, 1.54) is 27.8 Å². The van der Waals surface area contributed by atoms with Crippen LogP contribution in [-0.4, -0.2) is 56.3 Å². The van der Waals surface area contributed by atoms with Crippen LogP contribution in [0.5, 0.6) is 0 Å². The summed E-state index contributed by atoms with van der Waals surface area (Å²) < 4.78 is 17.9. The van der Waals surface area contributed by atoms with Gasteiger partial charge in [0.2, 0.25) is 11.9 Å². The Hall–Kier alpha value is -4.25. The molecule has 2 aliphatic heterocycles. The van der Waals surface area contributed by atoms with Crippen LogP contribution in [0.15, 0.2) is 58.1 Å². The summed E-state index contributed by atoms with van der Waals surface area (Å²) in [6.07, 6.45) is 2.44. The summed E-state index contributed by atoms with van der Waals surface area (Å²) in [4.78, 5) is 47.6. The number of fused-ring (bicyclic) bond motifs is 3. The Labute approximate surface area is 235 Å². The summed E-state index contributed by atoms with van der Waals surface area (Å²) in [5.41, 5.74) is 2.57. The Balaban J connectivity index is 1.27. The van der Waals surface area contributed by atoms with Crippen LogP contribution in [-0.2, 0) is 37.8 Å². The highest BCUT2D eigenvalue weighted by molar-refractivity contribution is 5.78. The van der Waals surface area contributed by atoms with Gasteiger partial charge in [-0.1, -0.05) is 36.4 Å². The summed E-state index contributed by atoms with van der Waals surface area (Å²) >= 11 is 0. The normalized spacial score (nSPS) is 20.1. The van der Waals surface area contributed by atoms with E-state index in [2.05, 4.69) is 27.7 Å². The second kappa shape index (κ2) is 9.99. The van der Waals surface area contributed by atoms with Crippen LogP contribution in [0, 0.1) is 11.7 Å². The van der Waals surface area contributed by atoms with Gasteiger partial charge in [-0.3, -0.25) is 18.7 Å². The molecule has 4 heterocycles. The van der Waals surface area contributed by atoms with Crippen molar-refractivity contribution in [3.63, 3.8) is 0 Å². The Morgan fingerprint density at radius 2 is 1.78 bits per heavy atom. The first-order chi connectivity index (χ1) is 19.9. The molecule has 2 aromatic carbocycles. The van der Waals surface area contributed by atoms with Gasteiger partial charge in [-0.15, -0.1) is 0 Å². The van der Waals surface area contributed by atoms with Crippen LogP contribution in [0.4, 0.5) is 10.3 Å². The Kier molecular flexibility index (Phi) is 6.26. The summed E-state index contributed by atoms with van der Waals surface area (Å²) in [6.45, 7) is 2.43. The van der Waals surface area contributed by atoms with Gasteiger partial charge < -0.3 is 15.5 Å². The number of carbonyl (C=O) groups excluding carboxylic acids is 1. The van der Waals surface area contributed by atoms with Gasteiger partial charge in [-0.25, -0.2) is 13.8 Å². The number of amides is 1. The van der Waals surface area contributed by atoms with E-state index >= 15 is 0 Å². The van der Waals surface area contributed by atoms with Crippen molar-refractivity contribution >= 4 is 23.0 Å². The number of imidazole rings is 1. The average molecular weight is 558 g/mol. The first-order valence-corrected chi connectivity index (χ1v) is 14.2. The maximum atomic E-state index is 14.0. The molecule has 1 amide bonds. The molecule has 1 aliphatic carbocycles. The van der Waals surface area contributed by atoms with Gasteiger partial charge in [-0.05, 0) is 54.0 Å². The first kappa shape index (κ1) is 25.7. The van der Waals surface area contributed by atoms with E-state index in [1.807, 2.05) is 16.7 Å². The lowest BCUT2D eigenvalue weighted by Crippen LogP contribution is -2.45. The number of nitrogens with zero attached hydrogens (tertiary/aromatic N) is 5. The molecule has 41 heavy (non-hydrogen) atoms. The van der Waals surface area contributed by atoms with Crippen molar-refractivity contribution in [1.82, 2.24) is 29.3 Å². The zero-order valence-corrected chi connectivity index (χ0v) is 22.8. The minimum Gasteiger partial charge on any atom is -0.351 e. The zero-order valence-electron chi connectivity index (χ0n) is 22.8. The SMILES string of the molecule is Cn1c(=O)n(CC(=O)NC2Cc3ccccc3C2)c(=O)c2c1nc(N1CCC3CNCC31)n2Cc1ccc(F)cc1. The highest BCUT2D eigenvalue weighted by atomic mass is 19.1. The standard InChI is InChI=1S/C30H32FN7O3/c1-35-27-26(28(40)38(30(35)41)17-25(39)33-23-12-19-4-2-3-5-20(19)13-23)37(16-18-6-8-22(31)9-7-18)29(34-27)36-11-10-21-14-32-15-24(21)36/h2-9,21,23-24,32H,10-17H2,1H3,(H,33,39). The van der Waals surface area contributed by atoms with Gasteiger partial charge in [0.25, 0.3) is 5.56 Å². The van der Waals surface area contributed by atoms with Crippen LogP contribution in [0.25, 0.3) is 11.2 Å². The largest absolute Gasteiger partial charge is 0.351 e. The lowest BCUT2D eigenvalue weighted by Gasteiger charge is -2.25. The van der Waals surface area contributed by atoms with Crippen LogP contribution in [0.3, 0.4) is 0 Å². The second-order valence-corrected chi connectivity index (χ2v) is 11.4. The number of aromatic nitrogens is 4. The van der Waals surface area contributed by atoms with E-state index < -0.39 is 11.2 Å². The monoisotopic (exact) mass is 557 g/mol. The summed E-state index contributed by atoms with van der Waals surface area (Å²) in [7, 11) is 1.58. The number of benzene rings is 2. The molecule has 2 atom stereocenters. The van der Waals surface area contributed by atoms with Crippen molar-refractivity contribution in [3.05, 3.63) is 91.9 Å². The van der Waals surface area contributed by atoms with E-state index in [-0.39, 0.29) is 48.1 Å². The van der Waals surface area contributed by atoms with E-state index in [1.54, 1.807) is 19.2 Å². The van der Waals surface area contributed by atoms with Gasteiger partial charge in [0.1, 0.15) is 12.4 Å². The molecule has 0 saturated carbocycles. The quantitative estimate of drug-likeness (QED) is 0.369. The van der Waals surface area contributed by atoms with Gasteiger partial charge in [-0.2, -0.15) is 4.98 Å².